The number of benzene rings is 2. The molecule has 3 rings (SSSR count). The van der Waals surface area contributed by atoms with Crippen molar-refractivity contribution in [2.24, 2.45) is 5.92 Å². The summed E-state index contributed by atoms with van der Waals surface area (Å²) in [5.41, 5.74) is 1.75. The molecule has 0 N–H and O–H groups in total. The van der Waals surface area contributed by atoms with Crippen LogP contribution in [0.4, 0.5) is 0 Å². The van der Waals surface area contributed by atoms with Crippen molar-refractivity contribution in [2.45, 2.75) is 31.6 Å². The van der Waals surface area contributed by atoms with Crippen molar-refractivity contribution in [3.05, 3.63) is 69.7 Å². The Morgan fingerprint density at radius 2 is 1.62 bits per heavy atom. The normalized spacial score (nSPS) is 20.2. The van der Waals surface area contributed by atoms with E-state index in [4.69, 9.17) is 23.2 Å². The average Bonchev–Trinajstić information content (AvgIpc) is 2.61. The molecule has 1 fully saturated rings. The van der Waals surface area contributed by atoms with Gasteiger partial charge in [-0.25, -0.2) is 0 Å². The van der Waals surface area contributed by atoms with Crippen molar-refractivity contribution in [3.63, 3.8) is 0 Å². The Morgan fingerprint density at radius 1 is 0.962 bits per heavy atom. The van der Waals surface area contributed by atoms with Crippen molar-refractivity contribution >= 4 is 40.6 Å². The predicted octanol–water partition coefficient (Wildman–Crippen LogP) is 4.83. The highest BCUT2D eigenvalue weighted by atomic mass is 35.5. The number of aryl methyl sites for hydroxylation is 1. The van der Waals surface area contributed by atoms with Crippen LogP contribution in [0.3, 0.4) is 0 Å². The smallest absolute Gasteiger partial charge is 0.151 e. The summed E-state index contributed by atoms with van der Waals surface area (Å²) in [5.74, 6) is -2.13. The number of halogens is 2. The largest absolute Gasteiger partial charge is 0.298 e. The standard InChI is InChI=1S/C21H18Cl2O3/c22-16-8-6-14(17(23)12-16)7-9-18(24)21-19(25)10-15(11-20(21)26)13-4-2-1-3-5-13/h1-6,8,12,15,21H,7,9-11H2. The molecular weight excluding hydrogens is 371 g/mol. The number of carbonyl (C=O) groups is 3. The molecule has 1 saturated carbocycles. The van der Waals surface area contributed by atoms with E-state index in [1.165, 1.54) is 0 Å². The highest BCUT2D eigenvalue weighted by Gasteiger charge is 2.39. The van der Waals surface area contributed by atoms with Gasteiger partial charge in [0.05, 0.1) is 0 Å². The molecule has 2 aromatic carbocycles. The van der Waals surface area contributed by atoms with E-state index < -0.39 is 5.92 Å². The lowest BCUT2D eigenvalue weighted by atomic mass is 9.74. The van der Waals surface area contributed by atoms with E-state index in [0.717, 1.165) is 11.1 Å². The molecule has 0 bridgehead atoms. The second-order valence-electron chi connectivity index (χ2n) is 6.58. The van der Waals surface area contributed by atoms with Crippen LogP contribution >= 0.6 is 23.2 Å². The van der Waals surface area contributed by atoms with Gasteiger partial charge in [0.2, 0.25) is 0 Å². The zero-order valence-corrected chi connectivity index (χ0v) is 15.6. The van der Waals surface area contributed by atoms with E-state index in [1.54, 1.807) is 18.2 Å². The minimum atomic E-state index is -1.12. The molecule has 0 aliphatic heterocycles. The van der Waals surface area contributed by atoms with Gasteiger partial charge in [-0.15, -0.1) is 0 Å². The maximum atomic E-state index is 12.5. The molecule has 0 radical (unpaired) electrons. The van der Waals surface area contributed by atoms with Crippen molar-refractivity contribution in [1.29, 1.82) is 0 Å². The van der Waals surface area contributed by atoms with E-state index >= 15 is 0 Å². The Morgan fingerprint density at radius 3 is 2.23 bits per heavy atom. The van der Waals surface area contributed by atoms with E-state index in [1.807, 2.05) is 30.3 Å². The first-order valence-electron chi connectivity index (χ1n) is 8.52. The second kappa shape index (κ2) is 8.15. The molecule has 0 heterocycles. The molecule has 5 heteroatoms. The van der Waals surface area contributed by atoms with Crippen LogP contribution in [0.2, 0.25) is 10.0 Å². The summed E-state index contributed by atoms with van der Waals surface area (Å²) in [5, 5.41) is 1.01. The lowest BCUT2D eigenvalue weighted by Gasteiger charge is -2.26. The molecule has 0 aromatic heterocycles. The predicted molar refractivity (Wildman–Crippen MR) is 102 cm³/mol. The fourth-order valence-corrected chi connectivity index (χ4v) is 3.92. The highest BCUT2D eigenvalue weighted by molar-refractivity contribution is 6.35. The van der Waals surface area contributed by atoms with Gasteiger partial charge in [0.15, 0.2) is 17.3 Å². The summed E-state index contributed by atoms with van der Waals surface area (Å²) in [6, 6.07) is 14.6. The summed E-state index contributed by atoms with van der Waals surface area (Å²) in [6.07, 6.45) is 0.954. The molecule has 1 aliphatic carbocycles. The van der Waals surface area contributed by atoms with Crippen LogP contribution in [-0.2, 0) is 20.8 Å². The number of hydrogen-bond acceptors (Lipinski definition) is 3. The lowest BCUT2D eigenvalue weighted by Crippen LogP contribution is -2.38. The number of rotatable bonds is 5. The van der Waals surface area contributed by atoms with Gasteiger partial charge < -0.3 is 0 Å². The quantitative estimate of drug-likeness (QED) is 0.689. The zero-order chi connectivity index (χ0) is 18.7. The Bertz CT molecular complexity index is 828. The molecule has 2 aromatic rings. The van der Waals surface area contributed by atoms with Crippen LogP contribution in [0, 0.1) is 5.92 Å². The van der Waals surface area contributed by atoms with Gasteiger partial charge in [0.1, 0.15) is 5.92 Å². The van der Waals surface area contributed by atoms with Crippen LogP contribution in [0.15, 0.2) is 48.5 Å². The summed E-state index contributed by atoms with van der Waals surface area (Å²) in [7, 11) is 0. The zero-order valence-electron chi connectivity index (χ0n) is 14.1. The van der Waals surface area contributed by atoms with Crippen LogP contribution in [0.1, 0.15) is 36.3 Å². The van der Waals surface area contributed by atoms with E-state index in [0.29, 0.717) is 16.5 Å². The van der Waals surface area contributed by atoms with E-state index in [9.17, 15) is 14.4 Å². The number of hydrogen-bond donors (Lipinski definition) is 0. The fourth-order valence-electron chi connectivity index (χ4n) is 3.42. The molecule has 26 heavy (non-hydrogen) atoms. The van der Waals surface area contributed by atoms with Crippen LogP contribution in [-0.4, -0.2) is 17.3 Å². The fraction of sp³-hybridized carbons (Fsp3) is 0.286. The van der Waals surface area contributed by atoms with Gasteiger partial charge in [-0.1, -0.05) is 59.6 Å². The molecule has 134 valence electrons. The minimum absolute atomic E-state index is 0.111. The van der Waals surface area contributed by atoms with Crippen molar-refractivity contribution in [3.8, 4) is 0 Å². The molecule has 1 aliphatic rings. The van der Waals surface area contributed by atoms with Gasteiger partial charge in [-0.05, 0) is 35.6 Å². The Labute approximate surface area is 162 Å². The second-order valence-corrected chi connectivity index (χ2v) is 7.43. The number of ketones is 3. The third-order valence-corrected chi connectivity index (χ3v) is 5.37. The Kier molecular flexibility index (Phi) is 5.90. The molecule has 0 atom stereocenters. The van der Waals surface area contributed by atoms with Crippen LogP contribution in [0.5, 0.6) is 0 Å². The Balaban J connectivity index is 1.65. The summed E-state index contributed by atoms with van der Waals surface area (Å²) >= 11 is 12.0. The van der Waals surface area contributed by atoms with E-state index in [-0.39, 0.29) is 42.5 Å². The molecule has 0 unspecified atom stereocenters. The maximum Gasteiger partial charge on any atom is 0.151 e. The first-order chi connectivity index (χ1) is 12.5. The van der Waals surface area contributed by atoms with Gasteiger partial charge >= 0.3 is 0 Å². The first-order valence-corrected chi connectivity index (χ1v) is 9.28. The SMILES string of the molecule is O=C(CCc1ccc(Cl)cc1Cl)C1C(=O)CC(c2ccccc2)CC1=O. The third-order valence-electron chi connectivity index (χ3n) is 4.79. The molecule has 3 nitrogen and oxygen atoms in total. The topological polar surface area (TPSA) is 51.2 Å². The average molecular weight is 389 g/mol. The molecule has 0 amide bonds. The van der Waals surface area contributed by atoms with Crippen molar-refractivity contribution in [2.75, 3.05) is 0 Å². The highest BCUT2D eigenvalue weighted by Crippen LogP contribution is 2.33. The Hall–Kier alpha value is -1.97. The molecule has 0 saturated heterocycles. The van der Waals surface area contributed by atoms with Gasteiger partial charge in [0, 0.05) is 29.3 Å². The van der Waals surface area contributed by atoms with Crippen molar-refractivity contribution in [1.82, 2.24) is 0 Å². The van der Waals surface area contributed by atoms with Crippen LogP contribution in [0.25, 0.3) is 0 Å². The lowest BCUT2D eigenvalue weighted by molar-refractivity contribution is -0.142. The third kappa shape index (κ3) is 4.22. The number of carbonyl (C=O) groups excluding carboxylic acids is 3. The molecule has 0 spiro atoms. The van der Waals surface area contributed by atoms with Gasteiger partial charge in [0.25, 0.3) is 0 Å². The van der Waals surface area contributed by atoms with Gasteiger partial charge in [-0.2, -0.15) is 0 Å². The summed E-state index contributed by atoms with van der Waals surface area (Å²) in [4.78, 5) is 37.4. The first kappa shape index (κ1) is 18.8. The summed E-state index contributed by atoms with van der Waals surface area (Å²) in [6.45, 7) is 0. The van der Waals surface area contributed by atoms with E-state index in [2.05, 4.69) is 0 Å². The summed E-state index contributed by atoms with van der Waals surface area (Å²) < 4.78 is 0. The molecular formula is C21H18Cl2O3. The van der Waals surface area contributed by atoms with Gasteiger partial charge in [-0.3, -0.25) is 14.4 Å². The number of Topliss-reactive ketones (excluding diaryl/α,β-unsaturated/α-hetero) is 3. The van der Waals surface area contributed by atoms with Crippen molar-refractivity contribution < 1.29 is 14.4 Å². The minimum Gasteiger partial charge on any atom is -0.298 e. The monoisotopic (exact) mass is 388 g/mol. The maximum absolute atomic E-state index is 12.5. The van der Waals surface area contributed by atoms with Crippen LogP contribution < -0.4 is 0 Å².